The summed E-state index contributed by atoms with van der Waals surface area (Å²) in [4.78, 5) is 0. The second-order valence-corrected chi connectivity index (χ2v) is 3.72. The van der Waals surface area contributed by atoms with Crippen molar-refractivity contribution in [2.45, 2.75) is 52.4 Å². The highest BCUT2D eigenvalue weighted by atomic mass is 14.3. The van der Waals surface area contributed by atoms with Crippen molar-refractivity contribution in [3.63, 3.8) is 0 Å². The predicted octanol–water partition coefficient (Wildman–Crippen LogP) is 3.61. The molecule has 0 nitrogen and oxygen atoms in total. The van der Waals surface area contributed by atoms with Crippen molar-refractivity contribution in [3.8, 4) is 0 Å². The molecule has 0 heteroatoms. The molecule has 0 aliphatic heterocycles. The van der Waals surface area contributed by atoms with Gasteiger partial charge in [-0.15, -0.1) is 0 Å². The Bertz CT molecular complexity index is 82.7. The van der Waals surface area contributed by atoms with Crippen LogP contribution in [0.15, 0.2) is 0 Å². The summed E-state index contributed by atoms with van der Waals surface area (Å²) in [7, 11) is 0. The molecule has 0 spiro atoms. The second-order valence-electron chi connectivity index (χ2n) is 3.72. The van der Waals surface area contributed by atoms with E-state index in [1.54, 1.807) is 0 Å². The molecule has 1 aliphatic carbocycles. The maximum Gasteiger partial charge on any atom is 0 e. The number of hydrogen-bond acceptors (Lipinski definition) is 0. The van der Waals surface area contributed by atoms with Crippen LogP contribution in [-0.4, -0.2) is 0 Å². The first-order valence-electron chi connectivity index (χ1n) is 4.27. The minimum Gasteiger partial charge on any atom is -0.0649 e. The van der Waals surface area contributed by atoms with Gasteiger partial charge in [0, 0.05) is 1.43 Å². The molecule has 0 N–H and O–H groups in total. The van der Waals surface area contributed by atoms with Gasteiger partial charge in [0.1, 0.15) is 0 Å². The lowest BCUT2D eigenvalue weighted by Gasteiger charge is -2.32. The summed E-state index contributed by atoms with van der Waals surface area (Å²) in [5.74, 6) is 0. The zero-order valence-electron chi connectivity index (χ0n) is 6.74. The third-order valence-electron chi connectivity index (χ3n) is 2.91. The molecule has 0 aromatic heterocycles. The first-order chi connectivity index (χ1) is 4.27. The van der Waals surface area contributed by atoms with E-state index in [2.05, 4.69) is 13.8 Å². The molecule has 0 unspecified atom stereocenters. The molecule has 0 atom stereocenters. The van der Waals surface area contributed by atoms with Crippen molar-refractivity contribution in [2.75, 3.05) is 0 Å². The monoisotopic (exact) mass is 128 g/mol. The molecular weight excluding hydrogens is 108 g/mol. The predicted molar refractivity (Wildman–Crippen MR) is 43.6 cm³/mol. The van der Waals surface area contributed by atoms with Gasteiger partial charge in [0.05, 0.1) is 0 Å². The van der Waals surface area contributed by atoms with Gasteiger partial charge in [-0.25, -0.2) is 0 Å². The smallest absolute Gasteiger partial charge is 0 e. The zero-order chi connectivity index (χ0) is 6.74. The third-order valence-corrected chi connectivity index (χ3v) is 2.91. The summed E-state index contributed by atoms with van der Waals surface area (Å²) in [5.41, 5.74) is 0.720. The average Bonchev–Trinajstić information content (AvgIpc) is 1.90. The van der Waals surface area contributed by atoms with Gasteiger partial charge in [-0.2, -0.15) is 0 Å². The lowest BCUT2D eigenvalue weighted by molar-refractivity contribution is 0.208. The largest absolute Gasteiger partial charge is 0.0649 e. The Kier molecular flexibility index (Phi) is 2.15. The first-order valence-corrected chi connectivity index (χ1v) is 4.27. The van der Waals surface area contributed by atoms with Gasteiger partial charge in [-0.05, 0) is 18.3 Å². The van der Waals surface area contributed by atoms with E-state index < -0.39 is 0 Å². The minimum atomic E-state index is 0. The van der Waals surface area contributed by atoms with Crippen molar-refractivity contribution in [1.29, 1.82) is 0 Å². The van der Waals surface area contributed by atoms with Crippen LogP contribution in [-0.2, 0) is 0 Å². The van der Waals surface area contributed by atoms with Crippen LogP contribution < -0.4 is 0 Å². The van der Waals surface area contributed by atoms with Crippen molar-refractivity contribution < 1.29 is 1.43 Å². The summed E-state index contributed by atoms with van der Waals surface area (Å²) in [6, 6.07) is 0. The van der Waals surface area contributed by atoms with Crippen LogP contribution in [0.25, 0.3) is 0 Å². The van der Waals surface area contributed by atoms with E-state index in [1.807, 2.05) is 0 Å². The zero-order valence-corrected chi connectivity index (χ0v) is 6.74. The molecule has 0 aromatic rings. The summed E-state index contributed by atoms with van der Waals surface area (Å²) >= 11 is 0. The fourth-order valence-corrected chi connectivity index (χ4v) is 1.76. The molecule has 0 aromatic carbocycles. The SMILES string of the molecule is CCC1(C)CCCCC1.[HH]. The molecule has 1 saturated carbocycles. The fraction of sp³-hybridized carbons (Fsp3) is 1.00. The quantitative estimate of drug-likeness (QED) is 0.506. The van der Waals surface area contributed by atoms with E-state index >= 15 is 0 Å². The van der Waals surface area contributed by atoms with Crippen LogP contribution in [0.2, 0.25) is 0 Å². The molecule has 0 heterocycles. The van der Waals surface area contributed by atoms with Crippen LogP contribution >= 0.6 is 0 Å². The van der Waals surface area contributed by atoms with E-state index in [1.165, 1.54) is 38.5 Å². The van der Waals surface area contributed by atoms with Gasteiger partial charge in [0.25, 0.3) is 0 Å². The van der Waals surface area contributed by atoms with Crippen molar-refractivity contribution in [2.24, 2.45) is 5.41 Å². The van der Waals surface area contributed by atoms with Gasteiger partial charge in [0.15, 0.2) is 0 Å². The van der Waals surface area contributed by atoms with E-state index in [4.69, 9.17) is 0 Å². The van der Waals surface area contributed by atoms with Crippen molar-refractivity contribution in [1.82, 2.24) is 0 Å². The van der Waals surface area contributed by atoms with Crippen molar-refractivity contribution >= 4 is 0 Å². The molecule has 1 fully saturated rings. The maximum absolute atomic E-state index is 2.44. The Labute approximate surface area is 60.1 Å². The van der Waals surface area contributed by atoms with Gasteiger partial charge < -0.3 is 0 Å². The molecule has 9 heavy (non-hydrogen) atoms. The van der Waals surface area contributed by atoms with E-state index in [0.29, 0.717) is 0 Å². The van der Waals surface area contributed by atoms with Gasteiger partial charge in [0.2, 0.25) is 0 Å². The Morgan fingerprint density at radius 1 is 1.22 bits per heavy atom. The molecule has 0 radical (unpaired) electrons. The van der Waals surface area contributed by atoms with Gasteiger partial charge in [-0.1, -0.05) is 39.5 Å². The highest BCUT2D eigenvalue weighted by Gasteiger charge is 2.23. The molecular formula is C9H20. The third kappa shape index (κ3) is 1.70. The maximum atomic E-state index is 2.44. The topological polar surface area (TPSA) is 0 Å². The van der Waals surface area contributed by atoms with Gasteiger partial charge in [-0.3, -0.25) is 0 Å². The normalized spacial score (nSPS) is 26.0. The lowest BCUT2D eigenvalue weighted by atomic mass is 9.74. The standard InChI is InChI=1S/C9H18.H2/c1-3-9(2)7-5-4-6-8-9;/h3-8H2,1-2H3;1H. The Balaban J connectivity index is 0.000000810. The number of hydrogen-bond donors (Lipinski definition) is 0. The van der Waals surface area contributed by atoms with E-state index in [0.717, 1.165) is 5.41 Å². The second kappa shape index (κ2) is 2.72. The average molecular weight is 128 g/mol. The minimum absolute atomic E-state index is 0. The highest BCUT2D eigenvalue weighted by Crippen LogP contribution is 2.37. The van der Waals surface area contributed by atoms with Gasteiger partial charge >= 0.3 is 0 Å². The van der Waals surface area contributed by atoms with E-state index in [-0.39, 0.29) is 1.43 Å². The van der Waals surface area contributed by atoms with Crippen molar-refractivity contribution in [3.05, 3.63) is 0 Å². The van der Waals surface area contributed by atoms with Crippen LogP contribution in [0.5, 0.6) is 0 Å². The molecule has 56 valence electrons. The summed E-state index contributed by atoms with van der Waals surface area (Å²) in [6.07, 6.45) is 8.77. The van der Waals surface area contributed by atoms with Crippen LogP contribution in [0.4, 0.5) is 0 Å². The Morgan fingerprint density at radius 2 is 1.78 bits per heavy atom. The Morgan fingerprint density at radius 3 is 2.11 bits per heavy atom. The fourth-order valence-electron chi connectivity index (χ4n) is 1.76. The van der Waals surface area contributed by atoms with Crippen LogP contribution in [0, 0.1) is 5.41 Å². The molecule has 1 rings (SSSR count). The number of rotatable bonds is 1. The Hall–Kier alpha value is 0. The first kappa shape index (κ1) is 7.11. The molecule has 1 aliphatic rings. The summed E-state index contributed by atoms with van der Waals surface area (Å²) < 4.78 is 0. The van der Waals surface area contributed by atoms with Crippen LogP contribution in [0.1, 0.15) is 53.8 Å². The highest BCUT2D eigenvalue weighted by molar-refractivity contribution is 4.76. The molecule has 0 amide bonds. The molecule has 0 saturated heterocycles. The molecule has 0 bridgehead atoms. The summed E-state index contributed by atoms with van der Waals surface area (Å²) in [6.45, 7) is 4.76. The lowest BCUT2D eigenvalue weighted by Crippen LogP contribution is -2.18. The van der Waals surface area contributed by atoms with E-state index in [9.17, 15) is 0 Å². The van der Waals surface area contributed by atoms with Crippen LogP contribution in [0.3, 0.4) is 0 Å². The summed E-state index contributed by atoms with van der Waals surface area (Å²) in [5, 5.41) is 0.